The van der Waals surface area contributed by atoms with Gasteiger partial charge in [-0.15, -0.1) is 10.2 Å². The zero-order chi connectivity index (χ0) is 15.0. The Kier molecular flexibility index (Phi) is 3.48. The van der Waals surface area contributed by atoms with Gasteiger partial charge in [-0.05, 0) is 6.42 Å². The number of hydrogen-bond acceptors (Lipinski definition) is 5. The largest absolute Gasteiger partial charge is 0.347 e. The zero-order valence-electron chi connectivity index (χ0n) is 12.7. The van der Waals surface area contributed by atoms with Gasteiger partial charge in [0, 0.05) is 33.3 Å². The Hall–Kier alpha value is -2.18. The summed E-state index contributed by atoms with van der Waals surface area (Å²) in [6.45, 7) is 2.98. The molecule has 0 aromatic carbocycles. The molecular formula is C14H20N6O. The average molecular weight is 288 g/mol. The van der Waals surface area contributed by atoms with E-state index >= 15 is 0 Å². The minimum absolute atomic E-state index is 0.0575. The van der Waals surface area contributed by atoms with Crippen molar-refractivity contribution in [3.63, 3.8) is 0 Å². The summed E-state index contributed by atoms with van der Waals surface area (Å²) in [5.41, 5.74) is 0.680. The molecule has 0 aliphatic carbocycles. The van der Waals surface area contributed by atoms with Crippen molar-refractivity contribution in [1.29, 1.82) is 0 Å². The molecular weight excluding hydrogens is 268 g/mol. The van der Waals surface area contributed by atoms with E-state index < -0.39 is 0 Å². The quantitative estimate of drug-likeness (QED) is 0.780. The molecule has 1 aliphatic heterocycles. The second-order valence-corrected chi connectivity index (χ2v) is 5.51. The van der Waals surface area contributed by atoms with Gasteiger partial charge in [-0.3, -0.25) is 9.36 Å². The molecule has 3 heterocycles. The third-order valence-corrected chi connectivity index (χ3v) is 3.75. The molecule has 7 nitrogen and oxygen atoms in total. The standard InChI is InChI=1S/C14H20N6O/c1-4-5-6-9-19-11-10(7-8-15-11)12(21)20-13(18(2)3)16-17-14(19)20/h8H,4-7,9H2,1-3H3. The second kappa shape index (κ2) is 5.31. The highest BCUT2D eigenvalue weighted by atomic mass is 16.1. The zero-order valence-corrected chi connectivity index (χ0v) is 12.7. The molecule has 0 amide bonds. The first-order chi connectivity index (χ1) is 10.1. The summed E-state index contributed by atoms with van der Waals surface area (Å²) in [5, 5.41) is 8.37. The van der Waals surface area contributed by atoms with Gasteiger partial charge in [0.25, 0.3) is 5.56 Å². The van der Waals surface area contributed by atoms with Crippen LogP contribution in [0.5, 0.6) is 0 Å². The Morgan fingerprint density at radius 1 is 1.29 bits per heavy atom. The number of fused-ring (bicyclic) bond motifs is 2. The van der Waals surface area contributed by atoms with Crippen LogP contribution in [0.3, 0.4) is 0 Å². The second-order valence-electron chi connectivity index (χ2n) is 5.51. The van der Waals surface area contributed by atoms with Gasteiger partial charge < -0.3 is 4.90 Å². The van der Waals surface area contributed by atoms with Gasteiger partial charge >= 0.3 is 0 Å². The molecule has 0 saturated carbocycles. The predicted molar refractivity (Wildman–Crippen MR) is 83.0 cm³/mol. The van der Waals surface area contributed by atoms with Crippen molar-refractivity contribution in [2.24, 2.45) is 4.99 Å². The van der Waals surface area contributed by atoms with Crippen LogP contribution in [0.25, 0.3) is 5.78 Å². The van der Waals surface area contributed by atoms with Crippen LogP contribution >= 0.6 is 0 Å². The minimum atomic E-state index is -0.0575. The number of unbranched alkanes of at least 4 members (excludes halogenated alkanes) is 2. The molecule has 1 aliphatic rings. The predicted octanol–water partition coefficient (Wildman–Crippen LogP) is 1.41. The van der Waals surface area contributed by atoms with Gasteiger partial charge in [0.15, 0.2) is 0 Å². The molecule has 112 valence electrons. The Morgan fingerprint density at radius 3 is 2.81 bits per heavy atom. The lowest BCUT2D eigenvalue weighted by atomic mass is 10.2. The molecule has 0 saturated heterocycles. The Morgan fingerprint density at radius 2 is 2.10 bits per heavy atom. The van der Waals surface area contributed by atoms with Crippen molar-refractivity contribution >= 4 is 23.8 Å². The van der Waals surface area contributed by atoms with E-state index in [2.05, 4.69) is 22.1 Å². The van der Waals surface area contributed by atoms with Gasteiger partial charge in [-0.25, -0.2) is 9.39 Å². The van der Waals surface area contributed by atoms with Gasteiger partial charge in [0.2, 0.25) is 11.7 Å². The lowest BCUT2D eigenvalue weighted by Crippen LogP contribution is -2.25. The fourth-order valence-electron chi connectivity index (χ4n) is 2.68. The monoisotopic (exact) mass is 288 g/mol. The number of rotatable bonds is 5. The maximum absolute atomic E-state index is 12.7. The number of nitrogens with zero attached hydrogens (tertiary/aromatic N) is 6. The van der Waals surface area contributed by atoms with Crippen LogP contribution in [-0.4, -0.2) is 39.5 Å². The maximum atomic E-state index is 12.7. The summed E-state index contributed by atoms with van der Waals surface area (Å²) < 4.78 is 3.62. The average Bonchev–Trinajstić information content (AvgIpc) is 3.09. The minimum Gasteiger partial charge on any atom is -0.347 e. The molecule has 0 radical (unpaired) electrons. The van der Waals surface area contributed by atoms with E-state index in [1.807, 2.05) is 18.7 Å². The molecule has 0 fully saturated rings. The SMILES string of the molecule is CCCCCn1c2c(c(=O)n3c(N(C)C)nnc13)CC=N2. The summed E-state index contributed by atoms with van der Waals surface area (Å²) in [6.07, 6.45) is 5.72. The Labute approximate surface area is 122 Å². The van der Waals surface area contributed by atoms with Crippen LogP contribution < -0.4 is 10.5 Å². The van der Waals surface area contributed by atoms with Crippen molar-refractivity contribution in [2.75, 3.05) is 19.0 Å². The summed E-state index contributed by atoms with van der Waals surface area (Å²) >= 11 is 0. The Bertz CT molecular complexity index is 755. The summed E-state index contributed by atoms with van der Waals surface area (Å²) in [4.78, 5) is 18.8. The van der Waals surface area contributed by atoms with Crippen LogP contribution in [0.2, 0.25) is 0 Å². The van der Waals surface area contributed by atoms with Crippen LogP contribution in [-0.2, 0) is 13.0 Å². The molecule has 0 N–H and O–H groups in total. The van der Waals surface area contributed by atoms with E-state index in [4.69, 9.17) is 0 Å². The van der Waals surface area contributed by atoms with Crippen molar-refractivity contribution in [3.05, 3.63) is 15.9 Å². The number of aromatic nitrogens is 4. The summed E-state index contributed by atoms with van der Waals surface area (Å²) in [5.74, 6) is 1.90. The van der Waals surface area contributed by atoms with E-state index in [0.29, 0.717) is 18.1 Å². The van der Waals surface area contributed by atoms with Crippen molar-refractivity contribution in [2.45, 2.75) is 39.2 Å². The normalized spacial score (nSPS) is 13.1. The van der Waals surface area contributed by atoms with Gasteiger partial charge in [0.05, 0.1) is 5.56 Å². The molecule has 0 unspecified atom stereocenters. The van der Waals surface area contributed by atoms with Crippen LogP contribution in [0.4, 0.5) is 11.8 Å². The first-order valence-electron chi connectivity index (χ1n) is 7.35. The molecule has 0 spiro atoms. The fraction of sp³-hybridized carbons (Fsp3) is 0.571. The molecule has 21 heavy (non-hydrogen) atoms. The molecule has 7 heteroatoms. The van der Waals surface area contributed by atoms with Crippen molar-refractivity contribution in [1.82, 2.24) is 19.2 Å². The molecule has 0 bridgehead atoms. The number of aryl methyl sites for hydroxylation is 1. The van der Waals surface area contributed by atoms with E-state index in [-0.39, 0.29) is 5.56 Å². The highest BCUT2D eigenvalue weighted by molar-refractivity contribution is 5.74. The van der Waals surface area contributed by atoms with Crippen LogP contribution in [0.1, 0.15) is 31.7 Å². The molecule has 2 aromatic heterocycles. The third-order valence-electron chi connectivity index (χ3n) is 3.75. The number of anilines is 1. The first kappa shape index (κ1) is 13.8. The van der Waals surface area contributed by atoms with E-state index in [1.165, 1.54) is 0 Å². The smallest absolute Gasteiger partial charge is 0.267 e. The highest BCUT2D eigenvalue weighted by Gasteiger charge is 2.23. The van der Waals surface area contributed by atoms with Crippen molar-refractivity contribution < 1.29 is 0 Å². The van der Waals surface area contributed by atoms with Gasteiger partial charge in [-0.1, -0.05) is 19.8 Å². The molecule has 2 aromatic rings. The first-order valence-corrected chi connectivity index (χ1v) is 7.35. The molecule has 0 atom stereocenters. The Balaban J connectivity index is 2.22. The third kappa shape index (κ3) is 2.12. The van der Waals surface area contributed by atoms with Crippen molar-refractivity contribution in [3.8, 4) is 0 Å². The van der Waals surface area contributed by atoms with Gasteiger partial charge in [-0.2, -0.15) is 0 Å². The molecule has 3 rings (SSSR count). The van der Waals surface area contributed by atoms with Crippen LogP contribution in [0.15, 0.2) is 9.79 Å². The van der Waals surface area contributed by atoms with E-state index in [1.54, 1.807) is 15.5 Å². The maximum Gasteiger partial charge on any atom is 0.267 e. The number of aliphatic imine (C=N–C) groups is 1. The number of hydrogen-bond donors (Lipinski definition) is 0. The van der Waals surface area contributed by atoms with Crippen LogP contribution in [0, 0.1) is 0 Å². The van der Waals surface area contributed by atoms with E-state index in [9.17, 15) is 4.79 Å². The highest BCUT2D eigenvalue weighted by Crippen LogP contribution is 2.25. The fourth-order valence-corrected chi connectivity index (χ4v) is 2.68. The lowest BCUT2D eigenvalue weighted by Gasteiger charge is -2.14. The van der Waals surface area contributed by atoms with E-state index in [0.717, 1.165) is 37.2 Å². The topological polar surface area (TPSA) is 67.8 Å². The summed E-state index contributed by atoms with van der Waals surface area (Å²) in [7, 11) is 3.72. The van der Waals surface area contributed by atoms with Gasteiger partial charge in [0.1, 0.15) is 5.82 Å². The lowest BCUT2D eigenvalue weighted by molar-refractivity contribution is 0.603. The summed E-state index contributed by atoms with van der Waals surface area (Å²) in [6, 6.07) is 0.